The Labute approximate surface area is 66.0 Å². The predicted octanol–water partition coefficient (Wildman–Crippen LogP) is -2.37. The van der Waals surface area contributed by atoms with E-state index in [0.717, 1.165) is 0 Å². The van der Waals surface area contributed by atoms with Crippen LogP contribution in [0.2, 0.25) is 0 Å². The van der Waals surface area contributed by atoms with Gasteiger partial charge in [0.1, 0.15) is 0 Å². The second-order valence-corrected chi connectivity index (χ2v) is 0. The van der Waals surface area contributed by atoms with Gasteiger partial charge in [0.15, 0.2) is 17.4 Å². The Morgan fingerprint density at radius 2 is 1.00 bits per heavy atom. The predicted molar refractivity (Wildman–Crippen MR) is 19.9 cm³/mol. The first-order chi connectivity index (χ1) is 0. The van der Waals surface area contributed by atoms with Crippen molar-refractivity contribution in [2.24, 2.45) is 0 Å². The van der Waals surface area contributed by atoms with Gasteiger partial charge < -0.3 is 0 Å². The van der Waals surface area contributed by atoms with Crippen LogP contribution in [0.5, 0.6) is 0 Å². The largest absolute Gasteiger partial charge is 0.187 e. The normalized spacial score (nSPS) is 0. The zero-order valence-corrected chi connectivity index (χ0v) is 6.66. The summed E-state index contributed by atoms with van der Waals surface area (Å²) >= 11 is 0. The topological polar surface area (TPSA) is 0 Å². The smallest absolute Gasteiger partial charge is 0.0125 e. The summed E-state index contributed by atoms with van der Waals surface area (Å²) < 4.78 is 0. The minimum atomic E-state index is 0. The van der Waals surface area contributed by atoms with Crippen molar-refractivity contribution < 1.29 is 38.1 Å². The fourth-order valence-electron chi connectivity index (χ4n) is 0. The molecule has 0 atom stereocenters. The van der Waals surface area contributed by atoms with Gasteiger partial charge >= 0.3 is 0 Å². The van der Waals surface area contributed by atoms with Gasteiger partial charge in [-0.3, -0.25) is 0 Å². The molecule has 4 heavy (non-hydrogen) atoms. The summed E-state index contributed by atoms with van der Waals surface area (Å²) in [5.41, 5.74) is 0. The van der Waals surface area contributed by atoms with Crippen LogP contribution >= 0.6 is 0 Å². The molecule has 0 aromatic carbocycles. The monoisotopic (exact) mass is 222 g/mol. The number of hydrogen-bond acceptors (Lipinski definition) is 0. The number of hydrogen-bond donors (Lipinski definition) is 0. The number of rotatable bonds is 0. The van der Waals surface area contributed by atoms with Crippen LogP contribution in [0.15, 0.2) is 0 Å². The zero-order chi connectivity index (χ0) is 0. The standard InChI is InChI=1S/Al.Cu.Mo.H3Si.3H/h;;;1H3;;;. The Morgan fingerprint density at radius 3 is 1.00 bits per heavy atom. The SMILES string of the molecule is [AlH3].[Cu].[Mo].[SiH3]. The molecule has 0 saturated heterocycles. The molecule has 0 heterocycles. The van der Waals surface area contributed by atoms with Gasteiger partial charge in [0.05, 0.1) is 0 Å². The van der Waals surface area contributed by atoms with Gasteiger partial charge in [0.25, 0.3) is 0 Å². The van der Waals surface area contributed by atoms with Gasteiger partial charge in [0, 0.05) is 38.1 Å². The summed E-state index contributed by atoms with van der Waals surface area (Å²) in [5, 5.41) is 0. The summed E-state index contributed by atoms with van der Waals surface area (Å²) in [6.07, 6.45) is 0. The van der Waals surface area contributed by atoms with Crippen LogP contribution in [0.25, 0.3) is 0 Å². The molecule has 0 aliphatic carbocycles. The summed E-state index contributed by atoms with van der Waals surface area (Å²) in [6, 6.07) is 0. The zero-order valence-electron chi connectivity index (χ0n) is 1.71. The van der Waals surface area contributed by atoms with Gasteiger partial charge in [0.2, 0.25) is 0 Å². The Kier molecular flexibility index (Phi) is 194. The molecule has 0 N–H and O–H groups in total. The van der Waals surface area contributed by atoms with Crippen molar-refractivity contribution >= 4 is 28.3 Å². The van der Waals surface area contributed by atoms with Gasteiger partial charge in [-0.25, -0.2) is 0 Å². The molecule has 0 spiro atoms. The van der Waals surface area contributed by atoms with Crippen LogP contribution in [0.4, 0.5) is 0 Å². The van der Waals surface area contributed by atoms with Crippen molar-refractivity contribution in [2.75, 3.05) is 0 Å². The minimum absolute atomic E-state index is 0. The van der Waals surface area contributed by atoms with Gasteiger partial charge in [-0.1, -0.05) is 0 Å². The molecule has 30 valence electrons. The molecule has 0 aromatic rings. The summed E-state index contributed by atoms with van der Waals surface area (Å²) in [7, 11) is 0. The van der Waals surface area contributed by atoms with Gasteiger partial charge in [-0.2, -0.15) is 0 Å². The summed E-state index contributed by atoms with van der Waals surface area (Å²) in [6.45, 7) is 0. The maximum atomic E-state index is 0. The van der Waals surface area contributed by atoms with Crippen molar-refractivity contribution in [2.45, 2.75) is 0 Å². The molecule has 0 nitrogen and oxygen atoms in total. The third kappa shape index (κ3) is 9.03. The maximum Gasteiger partial charge on any atom is 0.187 e. The van der Waals surface area contributed by atoms with Gasteiger partial charge in [-0.15, -0.1) is 0 Å². The molecule has 0 saturated carbocycles. The molecular formula is H6AlCuMoSi. The van der Waals surface area contributed by atoms with E-state index < -0.39 is 0 Å². The molecular weight excluding hydrogens is 215 g/mol. The second-order valence-electron chi connectivity index (χ2n) is 0. The van der Waals surface area contributed by atoms with E-state index in [4.69, 9.17) is 0 Å². The molecule has 0 bridgehead atoms. The van der Waals surface area contributed by atoms with E-state index in [9.17, 15) is 0 Å². The van der Waals surface area contributed by atoms with E-state index in [-0.39, 0.29) is 66.5 Å². The van der Waals surface area contributed by atoms with Crippen LogP contribution < -0.4 is 0 Å². The fourth-order valence-corrected chi connectivity index (χ4v) is 0. The molecule has 0 amide bonds. The van der Waals surface area contributed by atoms with E-state index >= 15 is 0 Å². The van der Waals surface area contributed by atoms with E-state index in [1.54, 1.807) is 0 Å². The van der Waals surface area contributed by atoms with Crippen LogP contribution in [-0.4, -0.2) is 28.3 Å². The Balaban J connectivity index is 0. The van der Waals surface area contributed by atoms with Crippen molar-refractivity contribution in [3.63, 3.8) is 0 Å². The average Bonchev–Trinajstić information content (AvgIpc) is 0. The van der Waals surface area contributed by atoms with E-state index in [1.807, 2.05) is 0 Å². The first kappa shape index (κ1) is 38.2. The first-order valence-corrected chi connectivity index (χ1v) is 0. The van der Waals surface area contributed by atoms with Crippen molar-refractivity contribution in [3.05, 3.63) is 0 Å². The van der Waals surface area contributed by atoms with Crippen LogP contribution in [0.3, 0.4) is 0 Å². The second kappa shape index (κ2) is 20.3. The molecule has 0 fully saturated rings. The van der Waals surface area contributed by atoms with Crippen molar-refractivity contribution in [3.8, 4) is 0 Å². The molecule has 0 aliphatic rings. The van der Waals surface area contributed by atoms with Crippen LogP contribution in [0.1, 0.15) is 0 Å². The molecule has 2 radical (unpaired) electrons. The quantitative estimate of drug-likeness (QED) is 0.401. The third-order valence-electron chi connectivity index (χ3n) is 0. The van der Waals surface area contributed by atoms with E-state index in [2.05, 4.69) is 0 Å². The van der Waals surface area contributed by atoms with Gasteiger partial charge in [-0.05, 0) is 11.0 Å². The molecule has 0 aliphatic heterocycles. The molecule has 4 heteroatoms. The van der Waals surface area contributed by atoms with Crippen molar-refractivity contribution in [1.29, 1.82) is 0 Å². The summed E-state index contributed by atoms with van der Waals surface area (Å²) in [4.78, 5) is 0. The molecule has 0 unspecified atom stereocenters. The molecule has 0 rings (SSSR count). The average molecular weight is 221 g/mol. The Hall–Kier alpha value is 1.96. The molecule has 0 aromatic heterocycles. The first-order valence-electron chi connectivity index (χ1n) is 0. The van der Waals surface area contributed by atoms with E-state index in [0.29, 0.717) is 0 Å². The minimum Gasteiger partial charge on any atom is -0.0125 e. The third-order valence-corrected chi connectivity index (χ3v) is 0. The van der Waals surface area contributed by atoms with Crippen LogP contribution in [0, 0.1) is 0 Å². The Morgan fingerprint density at radius 1 is 1.00 bits per heavy atom. The fraction of sp³-hybridized carbons (Fsp3) is 0. The van der Waals surface area contributed by atoms with Crippen LogP contribution in [-0.2, 0) is 38.1 Å². The maximum absolute atomic E-state index is 0. The Bertz CT molecular complexity index is 8.00. The van der Waals surface area contributed by atoms with Crippen molar-refractivity contribution in [1.82, 2.24) is 0 Å². The summed E-state index contributed by atoms with van der Waals surface area (Å²) in [5.74, 6) is 0. The van der Waals surface area contributed by atoms with E-state index in [1.165, 1.54) is 0 Å².